The molecule has 2 atom stereocenters. The molecule has 0 spiro atoms. The molecule has 2 heteroatoms. The zero-order valence-electron chi connectivity index (χ0n) is 10.1. The summed E-state index contributed by atoms with van der Waals surface area (Å²) in [5.74, 6) is 0. The Morgan fingerprint density at radius 1 is 1.12 bits per heavy atom. The number of rotatable bonds is 2. The van der Waals surface area contributed by atoms with E-state index in [9.17, 15) is 5.11 Å². The van der Waals surface area contributed by atoms with Crippen molar-refractivity contribution >= 4 is 11.8 Å². The Labute approximate surface area is 102 Å². The number of aliphatic hydroxyl groups is 1. The van der Waals surface area contributed by atoms with Crippen LogP contribution in [-0.2, 0) is 0 Å². The standard InChI is InChI=1S/C14H20OS/c1-10-7-8-12(9-11(10)2)16-14-6-4-3-5-13(14)15/h7-9,13-15H,3-6H2,1-2H3. The van der Waals surface area contributed by atoms with Crippen LogP contribution in [-0.4, -0.2) is 16.5 Å². The van der Waals surface area contributed by atoms with E-state index in [4.69, 9.17) is 0 Å². The third kappa shape index (κ3) is 2.80. The van der Waals surface area contributed by atoms with Crippen LogP contribution >= 0.6 is 11.8 Å². The predicted molar refractivity (Wildman–Crippen MR) is 70.0 cm³/mol. The average molecular weight is 236 g/mol. The first-order chi connectivity index (χ1) is 7.66. The van der Waals surface area contributed by atoms with E-state index in [0.717, 1.165) is 12.8 Å². The Morgan fingerprint density at radius 3 is 2.56 bits per heavy atom. The first kappa shape index (κ1) is 12.0. The molecule has 1 aliphatic rings. The molecule has 1 N–H and O–H groups in total. The molecule has 1 aromatic carbocycles. The number of hydrogen-bond donors (Lipinski definition) is 1. The molecule has 1 fully saturated rings. The third-order valence-corrected chi connectivity index (χ3v) is 4.81. The molecule has 2 unspecified atom stereocenters. The summed E-state index contributed by atoms with van der Waals surface area (Å²) in [4.78, 5) is 1.30. The molecule has 1 nitrogen and oxygen atoms in total. The normalized spacial score (nSPS) is 25.7. The van der Waals surface area contributed by atoms with Crippen molar-refractivity contribution in [1.29, 1.82) is 0 Å². The van der Waals surface area contributed by atoms with Crippen molar-refractivity contribution < 1.29 is 5.11 Å². The highest BCUT2D eigenvalue weighted by Crippen LogP contribution is 2.34. The van der Waals surface area contributed by atoms with E-state index in [2.05, 4.69) is 32.0 Å². The predicted octanol–water partition coefficient (Wildman–Crippen LogP) is 3.70. The summed E-state index contributed by atoms with van der Waals surface area (Å²) in [7, 11) is 0. The van der Waals surface area contributed by atoms with Crippen molar-refractivity contribution in [3.05, 3.63) is 29.3 Å². The van der Waals surface area contributed by atoms with Crippen LogP contribution in [0.4, 0.5) is 0 Å². The molecular formula is C14H20OS. The van der Waals surface area contributed by atoms with E-state index in [1.807, 2.05) is 11.8 Å². The van der Waals surface area contributed by atoms with Gasteiger partial charge in [-0.3, -0.25) is 0 Å². The van der Waals surface area contributed by atoms with Gasteiger partial charge >= 0.3 is 0 Å². The van der Waals surface area contributed by atoms with Crippen molar-refractivity contribution in [2.24, 2.45) is 0 Å². The van der Waals surface area contributed by atoms with E-state index >= 15 is 0 Å². The lowest BCUT2D eigenvalue weighted by Crippen LogP contribution is -2.26. The first-order valence-corrected chi connectivity index (χ1v) is 6.97. The largest absolute Gasteiger partial charge is 0.392 e. The van der Waals surface area contributed by atoms with Crippen LogP contribution < -0.4 is 0 Å². The number of thioether (sulfide) groups is 1. The summed E-state index contributed by atoms with van der Waals surface area (Å²) >= 11 is 1.85. The van der Waals surface area contributed by atoms with E-state index < -0.39 is 0 Å². The van der Waals surface area contributed by atoms with Gasteiger partial charge in [0.1, 0.15) is 0 Å². The van der Waals surface area contributed by atoms with Crippen molar-refractivity contribution in [2.45, 2.75) is 55.8 Å². The van der Waals surface area contributed by atoms with Crippen LogP contribution in [0.25, 0.3) is 0 Å². The molecule has 1 aromatic rings. The smallest absolute Gasteiger partial charge is 0.0662 e. The minimum Gasteiger partial charge on any atom is -0.392 e. The zero-order valence-corrected chi connectivity index (χ0v) is 10.9. The maximum atomic E-state index is 9.93. The van der Waals surface area contributed by atoms with Gasteiger partial charge < -0.3 is 5.11 Å². The highest BCUT2D eigenvalue weighted by atomic mass is 32.2. The lowest BCUT2D eigenvalue weighted by atomic mass is 9.97. The number of hydrogen-bond acceptors (Lipinski definition) is 2. The average Bonchev–Trinajstić information content (AvgIpc) is 2.27. The second-order valence-corrected chi connectivity index (χ2v) is 6.07. The number of aliphatic hydroxyl groups excluding tert-OH is 1. The van der Waals surface area contributed by atoms with Crippen molar-refractivity contribution in [1.82, 2.24) is 0 Å². The molecule has 16 heavy (non-hydrogen) atoms. The van der Waals surface area contributed by atoms with E-state index in [1.54, 1.807) is 0 Å². The summed E-state index contributed by atoms with van der Waals surface area (Å²) in [6.45, 7) is 4.29. The Bertz CT molecular complexity index is 362. The monoisotopic (exact) mass is 236 g/mol. The van der Waals surface area contributed by atoms with Gasteiger partial charge in [-0.05, 0) is 49.9 Å². The van der Waals surface area contributed by atoms with Crippen LogP contribution in [0.5, 0.6) is 0 Å². The lowest BCUT2D eigenvalue weighted by Gasteiger charge is -2.27. The van der Waals surface area contributed by atoms with E-state index in [-0.39, 0.29) is 6.10 Å². The molecule has 0 amide bonds. The second-order valence-electron chi connectivity index (χ2n) is 4.75. The topological polar surface area (TPSA) is 20.2 Å². The van der Waals surface area contributed by atoms with Gasteiger partial charge in [0.05, 0.1) is 6.10 Å². The fraction of sp³-hybridized carbons (Fsp3) is 0.571. The van der Waals surface area contributed by atoms with Gasteiger partial charge in [-0.2, -0.15) is 0 Å². The van der Waals surface area contributed by atoms with Crippen LogP contribution in [0.1, 0.15) is 36.8 Å². The Balaban J connectivity index is 2.05. The maximum absolute atomic E-state index is 9.93. The first-order valence-electron chi connectivity index (χ1n) is 6.09. The van der Waals surface area contributed by atoms with Crippen molar-refractivity contribution in [3.8, 4) is 0 Å². The summed E-state index contributed by atoms with van der Waals surface area (Å²) in [6.07, 6.45) is 4.46. The molecular weight excluding hydrogens is 216 g/mol. The Kier molecular flexibility index (Phi) is 3.93. The second kappa shape index (κ2) is 5.24. The summed E-state index contributed by atoms with van der Waals surface area (Å²) in [5.41, 5.74) is 2.68. The van der Waals surface area contributed by atoms with Gasteiger partial charge in [0, 0.05) is 10.1 Å². The van der Waals surface area contributed by atoms with Gasteiger partial charge in [0.15, 0.2) is 0 Å². The SMILES string of the molecule is Cc1ccc(SC2CCCCC2O)cc1C. The fourth-order valence-electron chi connectivity index (χ4n) is 2.18. The van der Waals surface area contributed by atoms with Gasteiger partial charge in [0.2, 0.25) is 0 Å². The van der Waals surface area contributed by atoms with Gasteiger partial charge in [-0.25, -0.2) is 0 Å². The molecule has 88 valence electrons. The minimum atomic E-state index is -0.111. The summed E-state index contributed by atoms with van der Waals surface area (Å²) in [5, 5.41) is 10.3. The van der Waals surface area contributed by atoms with Gasteiger partial charge in [0.25, 0.3) is 0 Å². The molecule has 0 heterocycles. The van der Waals surface area contributed by atoms with Crippen LogP contribution in [0, 0.1) is 13.8 Å². The van der Waals surface area contributed by atoms with Crippen LogP contribution in [0.15, 0.2) is 23.1 Å². The maximum Gasteiger partial charge on any atom is 0.0662 e. The molecule has 0 saturated heterocycles. The Hall–Kier alpha value is -0.470. The number of aryl methyl sites for hydroxylation is 2. The fourth-order valence-corrected chi connectivity index (χ4v) is 3.50. The quantitative estimate of drug-likeness (QED) is 0.845. The Morgan fingerprint density at radius 2 is 1.88 bits per heavy atom. The molecule has 0 radical (unpaired) electrons. The lowest BCUT2D eigenvalue weighted by molar-refractivity contribution is 0.137. The highest BCUT2D eigenvalue weighted by molar-refractivity contribution is 8.00. The summed E-state index contributed by atoms with van der Waals surface area (Å²) < 4.78 is 0. The molecule has 0 aliphatic heterocycles. The van der Waals surface area contributed by atoms with Gasteiger partial charge in [-0.1, -0.05) is 18.9 Å². The van der Waals surface area contributed by atoms with E-state index in [1.165, 1.54) is 28.9 Å². The van der Waals surface area contributed by atoms with Crippen LogP contribution in [0.2, 0.25) is 0 Å². The molecule has 1 aliphatic carbocycles. The molecule has 0 aromatic heterocycles. The van der Waals surface area contributed by atoms with Crippen LogP contribution in [0.3, 0.4) is 0 Å². The summed E-state index contributed by atoms with van der Waals surface area (Å²) in [6, 6.07) is 6.59. The number of benzene rings is 1. The third-order valence-electron chi connectivity index (χ3n) is 3.43. The van der Waals surface area contributed by atoms with Crippen molar-refractivity contribution in [3.63, 3.8) is 0 Å². The van der Waals surface area contributed by atoms with Crippen molar-refractivity contribution in [2.75, 3.05) is 0 Å². The van der Waals surface area contributed by atoms with E-state index in [0.29, 0.717) is 5.25 Å². The molecule has 0 bridgehead atoms. The zero-order chi connectivity index (χ0) is 11.5. The molecule has 1 saturated carbocycles. The van der Waals surface area contributed by atoms with Gasteiger partial charge in [-0.15, -0.1) is 11.8 Å². The highest BCUT2D eigenvalue weighted by Gasteiger charge is 2.23. The minimum absolute atomic E-state index is 0.111. The molecule has 2 rings (SSSR count).